The molecule has 1 aliphatic heterocycles. The summed E-state index contributed by atoms with van der Waals surface area (Å²) < 4.78 is 0. The summed E-state index contributed by atoms with van der Waals surface area (Å²) in [5.74, 6) is 2.58. The third-order valence-electron chi connectivity index (χ3n) is 1.55. The smallest absolute Gasteiger partial charge is 0.0105 e. The molecule has 0 spiro atoms. The third kappa shape index (κ3) is 5.46. The van der Waals surface area contributed by atoms with Crippen molar-refractivity contribution in [3.8, 4) is 0 Å². The Morgan fingerprint density at radius 2 is 1.82 bits per heavy atom. The van der Waals surface area contributed by atoms with Crippen LogP contribution < -0.4 is 5.73 Å². The molecule has 0 aromatic heterocycles. The average Bonchev–Trinajstić information content (AvgIpc) is 1.91. The van der Waals surface area contributed by atoms with Crippen molar-refractivity contribution in [3.05, 3.63) is 0 Å². The van der Waals surface area contributed by atoms with Crippen LogP contribution in [0.5, 0.6) is 0 Å². The average molecular weight is 184 g/mol. The van der Waals surface area contributed by atoms with Gasteiger partial charge in [0.25, 0.3) is 0 Å². The molecular formula is C6H20N2O2S. The molecule has 11 heavy (non-hydrogen) atoms. The maximum absolute atomic E-state index is 5.41. The maximum Gasteiger partial charge on any atom is 0.0105 e. The Labute approximate surface area is 73.2 Å². The molecular weight excluding hydrogens is 164 g/mol. The van der Waals surface area contributed by atoms with Crippen molar-refractivity contribution in [1.82, 2.24) is 4.90 Å². The second kappa shape index (κ2) is 8.29. The monoisotopic (exact) mass is 184 g/mol. The fraction of sp³-hybridized carbons (Fsp3) is 1.00. The van der Waals surface area contributed by atoms with Crippen LogP contribution in [0.1, 0.15) is 1.43 Å². The molecule has 0 unspecified atom stereocenters. The Bertz CT molecular complexity index is 81.2. The van der Waals surface area contributed by atoms with Gasteiger partial charge in [-0.3, -0.25) is 0 Å². The zero-order chi connectivity index (χ0) is 6.53. The molecule has 6 N–H and O–H groups in total. The first-order chi connectivity index (χ1) is 4.43. The lowest BCUT2D eigenvalue weighted by molar-refractivity contribution is 0.311. The van der Waals surface area contributed by atoms with E-state index in [1.807, 2.05) is 11.8 Å². The van der Waals surface area contributed by atoms with Crippen LogP contribution in [-0.2, 0) is 0 Å². The Hall–Kier alpha value is 0.190. The predicted octanol–water partition coefficient (Wildman–Crippen LogP) is -1.41. The third-order valence-corrected chi connectivity index (χ3v) is 2.49. The Morgan fingerprint density at radius 1 is 1.27 bits per heavy atom. The molecule has 1 aliphatic rings. The summed E-state index contributed by atoms with van der Waals surface area (Å²) in [7, 11) is 0. The van der Waals surface area contributed by atoms with Crippen LogP contribution in [0.4, 0.5) is 0 Å². The van der Waals surface area contributed by atoms with Gasteiger partial charge < -0.3 is 21.6 Å². The van der Waals surface area contributed by atoms with Gasteiger partial charge in [-0.25, -0.2) is 0 Å². The lowest BCUT2D eigenvalue weighted by Crippen LogP contribution is -2.36. The molecule has 0 aromatic rings. The zero-order valence-electron chi connectivity index (χ0n) is 6.68. The van der Waals surface area contributed by atoms with E-state index in [9.17, 15) is 0 Å². The molecule has 0 atom stereocenters. The summed E-state index contributed by atoms with van der Waals surface area (Å²) in [6.07, 6.45) is 0. The Kier molecular flexibility index (Phi) is 10.4. The minimum atomic E-state index is 0. The SMILES string of the molecule is NCCN1CCSCC1.O.O.[HH]. The number of rotatable bonds is 2. The van der Waals surface area contributed by atoms with Crippen molar-refractivity contribution in [2.75, 3.05) is 37.7 Å². The molecule has 5 heteroatoms. The standard InChI is InChI=1S/C6H14N2S.2H2O.H2/c7-1-2-8-3-5-9-6-4-8;;;/h1-7H2;2*1H2;1H. The van der Waals surface area contributed by atoms with Crippen LogP contribution in [0.2, 0.25) is 0 Å². The highest BCUT2D eigenvalue weighted by Crippen LogP contribution is 2.07. The topological polar surface area (TPSA) is 92.3 Å². The molecule has 1 rings (SSSR count). The van der Waals surface area contributed by atoms with Crippen molar-refractivity contribution >= 4 is 11.8 Å². The van der Waals surface area contributed by atoms with E-state index in [-0.39, 0.29) is 12.4 Å². The molecule has 0 amide bonds. The lowest BCUT2D eigenvalue weighted by atomic mass is 10.5. The van der Waals surface area contributed by atoms with Crippen LogP contribution in [0, 0.1) is 0 Å². The van der Waals surface area contributed by atoms with Gasteiger partial charge in [-0.05, 0) is 0 Å². The quantitative estimate of drug-likeness (QED) is 0.571. The minimum absolute atomic E-state index is 0. The van der Waals surface area contributed by atoms with E-state index in [0.717, 1.165) is 13.1 Å². The fourth-order valence-corrected chi connectivity index (χ4v) is 1.99. The van der Waals surface area contributed by atoms with Crippen LogP contribution in [0.15, 0.2) is 0 Å². The fourth-order valence-electron chi connectivity index (χ4n) is 1.01. The molecule has 72 valence electrons. The van der Waals surface area contributed by atoms with E-state index >= 15 is 0 Å². The van der Waals surface area contributed by atoms with Gasteiger partial charge in [0, 0.05) is 39.1 Å². The van der Waals surface area contributed by atoms with Gasteiger partial charge in [0.1, 0.15) is 0 Å². The van der Waals surface area contributed by atoms with Gasteiger partial charge in [-0.1, -0.05) is 0 Å². The second-order valence-corrected chi connectivity index (χ2v) is 3.47. The van der Waals surface area contributed by atoms with Crippen molar-refractivity contribution in [3.63, 3.8) is 0 Å². The molecule has 4 nitrogen and oxygen atoms in total. The first-order valence-corrected chi connectivity index (χ1v) is 4.59. The van der Waals surface area contributed by atoms with Gasteiger partial charge in [0.05, 0.1) is 0 Å². The number of thioether (sulfide) groups is 1. The zero-order valence-corrected chi connectivity index (χ0v) is 7.49. The predicted molar refractivity (Wildman–Crippen MR) is 52.2 cm³/mol. The summed E-state index contributed by atoms with van der Waals surface area (Å²) in [4.78, 5) is 2.43. The van der Waals surface area contributed by atoms with E-state index in [2.05, 4.69) is 4.90 Å². The van der Waals surface area contributed by atoms with Gasteiger partial charge in [0.15, 0.2) is 0 Å². The largest absolute Gasteiger partial charge is 0.412 e. The molecule has 1 heterocycles. The van der Waals surface area contributed by atoms with E-state index in [0.29, 0.717) is 0 Å². The van der Waals surface area contributed by atoms with Gasteiger partial charge >= 0.3 is 0 Å². The van der Waals surface area contributed by atoms with E-state index in [1.54, 1.807) is 0 Å². The molecule has 0 aliphatic carbocycles. The Balaban J connectivity index is -0.000000270. The van der Waals surface area contributed by atoms with E-state index < -0.39 is 0 Å². The van der Waals surface area contributed by atoms with Crippen LogP contribution in [-0.4, -0.2) is 53.5 Å². The van der Waals surface area contributed by atoms with Crippen LogP contribution in [0.3, 0.4) is 0 Å². The van der Waals surface area contributed by atoms with Gasteiger partial charge in [-0.15, -0.1) is 0 Å². The maximum atomic E-state index is 5.41. The number of nitrogens with zero attached hydrogens (tertiary/aromatic N) is 1. The van der Waals surface area contributed by atoms with Crippen molar-refractivity contribution in [2.24, 2.45) is 5.73 Å². The van der Waals surface area contributed by atoms with Gasteiger partial charge in [0.2, 0.25) is 0 Å². The Morgan fingerprint density at radius 3 is 2.27 bits per heavy atom. The molecule has 0 saturated carbocycles. The molecule has 1 fully saturated rings. The summed E-state index contributed by atoms with van der Waals surface area (Å²) in [5, 5.41) is 0. The summed E-state index contributed by atoms with van der Waals surface area (Å²) in [6.45, 7) is 4.37. The van der Waals surface area contributed by atoms with Gasteiger partial charge in [-0.2, -0.15) is 11.8 Å². The van der Waals surface area contributed by atoms with Crippen molar-refractivity contribution in [1.29, 1.82) is 0 Å². The minimum Gasteiger partial charge on any atom is -0.412 e. The first-order valence-electron chi connectivity index (χ1n) is 3.43. The number of hydrogen-bond donors (Lipinski definition) is 1. The normalized spacial score (nSPS) is 18.3. The lowest BCUT2D eigenvalue weighted by Gasteiger charge is -2.25. The van der Waals surface area contributed by atoms with Crippen molar-refractivity contribution < 1.29 is 12.4 Å². The number of hydrogen-bond acceptors (Lipinski definition) is 3. The molecule has 0 radical (unpaired) electrons. The molecule has 0 bridgehead atoms. The van der Waals surface area contributed by atoms with E-state index in [4.69, 9.17) is 5.73 Å². The molecule has 0 aromatic carbocycles. The van der Waals surface area contributed by atoms with Crippen LogP contribution in [0.25, 0.3) is 0 Å². The van der Waals surface area contributed by atoms with Crippen LogP contribution >= 0.6 is 11.8 Å². The highest BCUT2D eigenvalue weighted by atomic mass is 32.2. The molecule has 1 saturated heterocycles. The van der Waals surface area contributed by atoms with Crippen molar-refractivity contribution in [2.45, 2.75) is 0 Å². The first kappa shape index (κ1) is 13.8. The number of nitrogens with two attached hydrogens (primary N) is 1. The summed E-state index contributed by atoms with van der Waals surface area (Å²) in [6, 6.07) is 0. The second-order valence-electron chi connectivity index (χ2n) is 2.24. The summed E-state index contributed by atoms with van der Waals surface area (Å²) >= 11 is 2.04. The summed E-state index contributed by atoms with van der Waals surface area (Å²) in [5.41, 5.74) is 5.41. The highest BCUT2D eigenvalue weighted by molar-refractivity contribution is 7.99. The van der Waals surface area contributed by atoms with E-state index in [1.165, 1.54) is 24.6 Å². The highest BCUT2D eigenvalue weighted by Gasteiger charge is 2.07.